The van der Waals surface area contributed by atoms with Gasteiger partial charge in [-0.15, -0.1) is 0 Å². The van der Waals surface area contributed by atoms with E-state index in [1.54, 1.807) is 28.8 Å². The van der Waals surface area contributed by atoms with E-state index in [0.29, 0.717) is 28.9 Å². The second kappa shape index (κ2) is 5.05. The number of halogens is 2. The van der Waals surface area contributed by atoms with Crippen LogP contribution in [0.4, 0.5) is 10.2 Å². The first-order valence-electron chi connectivity index (χ1n) is 5.96. The summed E-state index contributed by atoms with van der Waals surface area (Å²) in [6.07, 6.45) is 1.40. The summed E-state index contributed by atoms with van der Waals surface area (Å²) in [5.41, 5.74) is 0.594. The molecule has 7 heteroatoms. The number of aromatic nitrogens is 4. The Balaban J connectivity index is 1.98. The van der Waals surface area contributed by atoms with E-state index in [2.05, 4.69) is 15.1 Å². The number of benzene rings is 1. The Morgan fingerprint density at radius 3 is 2.95 bits per heavy atom. The van der Waals surface area contributed by atoms with Crippen LogP contribution in [-0.4, -0.2) is 26.6 Å². The summed E-state index contributed by atoms with van der Waals surface area (Å²) in [6, 6.07) is 8.32. The van der Waals surface area contributed by atoms with E-state index < -0.39 is 0 Å². The highest BCUT2D eigenvalue weighted by molar-refractivity contribution is 6.29. The molecule has 1 aromatic carbocycles. The molecule has 3 rings (SSSR count). The van der Waals surface area contributed by atoms with E-state index in [4.69, 9.17) is 11.6 Å². The first-order valence-corrected chi connectivity index (χ1v) is 6.34. The van der Waals surface area contributed by atoms with Gasteiger partial charge in [-0.3, -0.25) is 0 Å². The third kappa shape index (κ3) is 2.30. The maximum atomic E-state index is 13.7. The SMILES string of the molecule is CN(Cc1ccccc1F)c1cc(Cl)nc2ncnn12. The zero-order valence-corrected chi connectivity index (χ0v) is 11.4. The summed E-state index contributed by atoms with van der Waals surface area (Å²) in [4.78, 5) is 9.90. The topological polar surface area (TPSA) is 46.3 Å². The molecule has 3 aromatic rings. The summed E-state index contributed by atoms with van der Waals surface area (Å²) >= 11 is 5.97. The molecule has 0 aliphatic rings. The number of fused-ring (bicyclic) bond motifs is 1. The summed E-state index contributed by atoms with van der Waals surface area (Å²) in [7, 11) is 1.83. The van der Waals surface area contributed by atoms with Crippen LogP contribution in [0.15, 0.2) is 36.7 Å². The highest BCUT2D eigenvalue weighted by Crippen LogP contribution is 2.20. The summed E-state index contributed by atoms with van der Waals surface area (Å²) in [5.74, 6) is 0.864. The summed E-state index contributed by atoms with van der Waals surface area (Å²) < 4.78 is 15.3. The fourth-order valence-corrected chi connectivity index (χ4v) is 2.18. The number of rotatable bonds is 3. The largest absolute Gasteiger partial charge is 0.355 e. The van der Waals surface area contributed by atoms with Crippen molar-refractivity contribution in [1.82, 2.24) is 19.6 Å². The lowest BCUT2D eigenvalue weighted by Crippen LogP contribution is -2.20. The third-order valence-electron chi connectivity index (χ3n) is 2.96. The van der Waals surface area contributed by atoms with Gasteiger partial charge >= 0.3 is 0 Å². The van der Waals surface area contributed by atoms with Crippen molar-refractivity contribution in [2.24, 2.45) is 0 Å². The van der Waals surface area contributed by atoms with E-state index in [-0.39, 0.29) is 5.82 Å². The molecule has 20 heavy (non-hydrogen) atoms. The van der Waals surface area contributed by atoms with Crippen LogP contribution in [0.1, 0.15) is 5.56 Å². The predicted octanol–water partition coefficient (Wildman–Crippen LogP) is 2.55. The van der Waals surface area contributed by atoms with Crippen LogP contribution in [0.2, 0.25) is 5.15 Å². The molecular formula is C13H11ClFN5. The maximum absolute atomic E-state index is 13.7. The second-order valence-electron chi connectivity index (χ2n) is 4.36. The Hall–Kier alpha value is -2.21. The fourth-order valence-electron chi connectivity index (χ4n) is 2.00. The molecule has 0 aliphatic carbocycles. The molecular weight excluding hydrogens is 281 g/mol. The van der Waals surface area contributed by atoms with E-state index in [1.807, 2.05) is 11.9 Å². The molecule has 102 valence electrons. The summed E-state index contributed by atoms with van der Waals surface area (Å²) in [5, 5.41) is 4.41. The smallest absolute Gasteiger partial charge is 0.255 e. The summed E-state index contributed by atoms with van der Waals surface area (Å²) in [6.45, 7) is 0.391. The number of hydrogen-bond acceptors (Lipinski definition) is 4. The van der Waals surface area contributed by atoms with Gasteiger partial charge in [-0.1, -0.05) is 29.8 Å². The molecule has 0 atom stereocenters. The molecule has 0 saturated carbocycles. The molecule has 0 unspecified atom stereocenters. The van der Waals surface area contributed by atoms with E-state index in [1.165, 1.54) is 12.4 Å². The minimum absolute atomic E-state index is 0.241. The molecule has 5 nitrogen and oxygen atoms in total. The van der Waals surface area contributed by atoms with Crippen LogP contribution >= 0.6 is 11.6 Å². The van der Waals surface area contributed by atoms with Crippen molar-refractivity contribution in [2.45, 2.75) is 6.54 Å². The van der Waals surface area contributed by atoms with Crippen LogP contribution in [-0.2, 0) is 6.54 Å². The van der Waals surface area contributed by atoms with Gasteiger partial charge in [0.25, 0.3) is 5.78 Å². The number of hydrogen-bond donors (Lipinski definition) is 0. The van der Waals surface area contributed by atoms with Gasteiger partial charge < -0.3 is 4.90 Å². The zero-order valence-electron chi connectivity index (χ0n) is 10.7. The van der Waals surface area contributed by atoms with Crippen molar-refractivity contribution in [2.75, 3.05) is 11.9 Å². The minimum atomic E-state index is -0.241. The molecule has 0 spiro atoms. The van der Waals surface area contributed by atoms with Crippen molar-refractivity contribution >= 4 is 23.2 Å². The normalized spacial score (nSPS) is 10.9. The molecule has 0 N–H and O–H groups in total. The van der Waals surface area contributed by atoms with Crippen LogP contribution in [0.25, 0.3) is 5.78 Å². The van der Waals surface area contributed by atoms with E-state index in [9.17, 15) is 4.39 Å². The first kappa shape index (κ1) is 12.8. The Morgan fingerprint density at radius 1 is 1.35 bits per heavy atom. The maximum Gasteiger partial charge on any atom is 0.255 e. The standard InChI is InChI=1S/C13H11ClFN5/c1-19(7-9-4-2-3-5-10(9)15)12-6-11(14)18-13-16-8-17-20(12)13/h2-6,8H,7H2,1H3. The molecule has 0 saturated heterocycles. The quantitative estimate of drug-likeness (QED) is 0.696. The van der Waals surface area contributed by atoms with Crippen molar-refractivity contribution in [3.8, 4) is 0 Å². The van der Waals surface area contributed by atoms with Crippen molar-refractivity contribution in [3.63, 3.8) is 0 Å². The van der Waals surface area contributed by atoms with Crippen LogP contribution in [0.5, 0.6) is 0 Å². The molecule has 0 bridgehead atoms. The molecule has 0 fully saturated rings. The Labute approximate surface area is 119 Å². The number of nitrogens with zero attached hydrogens (tertiary/aromatic N) is 5. The molecule has 2 aromatic heterocycles. The number of anilines is 1. The van der Waals surface area contributed by atoms with Gasteiger partial charge in [0.15, 0.2) is 0 Å². The van der Waals surface area contributed by atoms with Crippen LogP contribution in [0.3, 0.4) is 0 Å². The lowest BCUT2D eigenvalue weighted by Gasteiger charge is -2.20. The van der Waals surface area contributed by atoms with E-state index >= 15 is 0 Å². The monoisotopic (exact) mass is 291 g/mol. The van der Waals surface area contributed by atoms with Crippen LogP contribution < -0.4 is 4.90 Å². The van der Waals surface area contributed by atoms with Gasteiger partial charge in [-0.05, 0) is 6.07 Å². The van der Waals surface area contributed by atoms with E-state index in [0.717, 1.165) is 0 Å². The molecule has 0 radical (unpaired) electrons. The van der Waals surface area contributed by atoms with Gasteiger partial charge in [-0.2, -0.15) is 19.6 Å². The Kier molecular flexibility index (Phi) is 3.23. The van der Waals surface area contributed by atoms with Gasteiger partial charge in [0.2, 0.25) is 0 Å². The molecule has 0 amide bonds. The average molecular weight is 292 g/mol. The van der Waals surface area contributed by atoms with Crippen LogP contribution in [0, 0.1) is 5.82 Å². The van der Waals surface area contributed by atoms with Gasteiger partial charge in [0.1, 0.15) is 23.1 Å². The second-order valence-corrected chi connectivity index (χ2v) is 4.74. The third-order valence-corrected chi connectivity index (χ3v) is 3.15. The highest BCUT2D eigenvalue weighted by Gasteiger charge is 2.12. The highest BCUT2D eigenvalue weighted by atomic mass is 35.5. The molecule has 0 aliphatic heterocycles. The fraction of sp³-hybridized carbons (Fsp3) is 0.154. The molecule has 2 heterocycles. The minimum Gasteiger partial charge on any atom is -0.355 e. The van der Waals surface area contributed by atoms with Crippen molar-refractivity contribution in [3.05, 3.63) is 53.2 Å². The lowest BCUT2D eigenvalue weighted by atomic mass is 10.2. The zero-order chi connectivity index (χ0) is 14.1. The lowest BCUT2D eigenvalue weighted by molar-refractivity contribution is 0.607. The van der Waals surface area contributed by atoms with Gasteiger partial charge in [0.05, 0.1) is 0 Å². The van der Waals surface area contributed by atoms with Gasteiger partial charge in [-0.25, -0.2) is 4.39 Å². The van der Waals surface area contributed by atoms with Crippen molar-refractivity contribution in [1.29, 1.82) is 0 Å². The first-order chi connectivity index (χ1) is 9.65. The van der Waals surface area contributed by atoms with Crippen molar-refractivity contribution < 1.29 is 4.39 Å². The Morgan fingerprint density at radius 2 is 2.15 bits per heavy atom. The van der Waals surface area contributed by atoms with Gasteiger partial charge in [0, 0.05) is 25.2 Å². The predicted molar refractivity (Wildman–Crippen MR) is 74.3 cm³/mol. The average Bonchev–Trinajstić information content (AvgIpc) is 2.88. The Bertz CT molecular complexity index is 757.